The van der Waals surface area contributed by atoms with E-state index in [2.05, 4.69) is 27.0 Å². The molecule has 0 bridgehead atoms. The Morgan fingerprint density at radius 3 is 2.92 bits per heavy atom. The lowest BCUT2D eigenvalue weighted by Crippen LogP contribution is -2.35. The number of hydrogen-bond donors (Lipinski definition) is 0. The maximum absolute atomic E-state index is 5.79. The Labute approximate surface area is 143 Å². The molecule has 0 amide bonds. The predicted octanol–water partition coefficient (Wildman–Crippen LogP) is 2.22. The lowest BCUT2D eigenvalue weighted by atomic mass is 10.2. The molecule has 0 N–H and O–H groups in total. The molecule has 3 rings (SSSR count). The highest BCUT2D eigenvalue weighted by Gasteiger charge is 2.26. The first-order valence-electron chi connectivity index (χ1n) is 8.66. The Morgan fingerprint density at radius 2 is 2.17 bits per heavy atom. The van der Waals surface area contributed by atoms with Gasteiger partial charge in [-0.2, -0.15) is 4.98 Å². The van der Waals surface area contributed by atoms with E-state index in [9.17, 15) is 0 Å². The fourth-order valence-electron chi connectivity index (χ4n) is 3.03. The lowest BCUT2D eigenvalue weighted by molar-refractivity contribution is 0.200. The maximum atomic E-state index is 5.79. The van der Waals surface area contributed by atoms with Crippen LogP contribution in [0.3, 0.4) is 0 Å². The van der Waals surface area contributed by atoms with Crippen LogP contribution in [0.4, 0.5) is 0 Å². The maximum Gasteiger partial charge on any atom is 0.226 e. The normalized spacial score (nSPS) is 18.4. The first kappa shape index (κ1) is 16.9. The second kappa shape index (κ2) is 8.26. The molecule has 1 aliphatic rings. The minimum absolute atomic E-state index is 0.533. The van der Waals surface area contributed by atoms with Crippen LogP contribution in [0.5, 0.6) is 5.75 Å². The van der Waals surface area contributed by atoms with Crippen molar-refractivity contribution in [1.29, 1.82) is 0 Å². The van der Waals surface area contributed by atoms with Crippen LogP contribution in [-0.4, -0.2) is 59.3 Å². The Bertz CT molecular complexity index is 616. The van der Waals surface area contributed by atoms with Crippen molar-refractivity contribution in [1.82, 2.24) is 19.9 Å². The summed E-state index contributed by atoms with van der Waals surface area (Å²) in [5.41, 5.74) is 0. The van der Waals surface area contributed by atoms with Crippen LogP contribution in [0.15, 0.2) is 34.9 Å². The van der Waals surface area contributed by atoms with Gasteiger partial charge in [-0.25, -0.2) is 0 Å². The first-order valence-corrected chi connectivity index (χ1v) is 8.66. The average Bonchev–Trinajstić information content (AvgIpc) is 3.25. The molecule has 1 aromatic carbocycles. The second-order valence-corrected chi connectivity index (χ2v) is 6.28. The molecule has 0 radical (unpaired) electrons. The Hall–Kier alpha value is -1.92. The number of ether oxygens (including phenoxy) is 1. The van der Waals surface area contributed by atoms with Gasteiger partial charge in [-0.15, -0.1) is 0 Å². The van der Waals surface area contributed by atoms with Crippen LogP contribution in [0.1, 0.15) is 25.1 Å². The smallest absolute Gasteiger partial charge is 0.226 e. The van der Waals surface area contributed by atoms with E-state index in [0.717, 1.165) is 50.8 Å². The van der Waals surface area contributed by atoms with Crippen LogP contribution < -0.4 is 4.74 Å². The molecule has 1 aliphatic heterocycles. The quantitative estimate of drug-likeness (QED) is 0.740. The van der Waals surface area contributed by atoms with Crippen LogP contribution in [-0.2, 0) is 13.0 Å². The number of likely N-dealkylation sites (N-methyl/N-ethyl adjacent to an activating group) is 1. The van der Waals surface area contributed by atoms with Gasteiger partial charge in [0.15, 0.2) is 5.82 Å². The molecule has 1 fully saturated rings. The SMILES string of the molecule is CCc1nc(CN(C)[C@@H]2CCN(CCOc3ccccc3)C2)no1. The molecule has 24 heavy (non-hydrogen) atoms. The second-order valence-electron chi connectivity index (χ2n) is 6.28. The van der Waals surface area contributed by atoms with Crippen molar-refractivity contribution in [2.24, 2.45) is 0 Å². The standard InChI is InChI=1S/C18H26N4O2/c1-3-18-19-17(20-24-18)14-21(2)15-9-10-22(13-15)11-12-23-16-7-5-4-6-8-16/h4-8,15H,3,9-14H2,1-2H3/t15-/m1/s1. The predicted molar refractivity (Wildman–Crippen MR) is 91.9 cm³/mol. The molecule has 0 unspecified atom stereocenters. The lowest BCUT2D eigenvalue weighted by Gasteiger charge is -2.23. The molecule has 0 spiro atoms. The van der Waals surface area contributed by atoms with Gasteiger partial charge in [-0.1, -0.05) is 30.3 Å². The van der Waals surface area contributed by atoms with Gasteiger partial charge in [0.1, 0.15) is 12.4 Å². The number of rotatable bonds is 8. The Balaban J connectivity index is 1.39. The summed E-state index contributed by atoms with van der Waals surface area (Å²) in [4.78, 5) is 9.17. The molecule has 130 valence electrons. The van der Waals surface area contributed by atoms with Crippen LogP contribution in [0.25, 0.3) is 0 Å². The molecule has 2 heterocycles. The summed E-state index contributed by atoms with van der Waals surface area (Å²) in [6, 6.07) is 10.5. The molecular weight excluding hydrogens is 304 g/mol. The molecule has 1 atom stereocenters. The number of aromatic nitrogens is 2. The molecule has 6 heteroatoms. The summed E-state index contributed by atoms with van der Waals surface area (Å²) < 4.78 is 11.0. The van der Waals surface area contributed by atoms with Crippen LogP contribution >= 0.6 is 0 Å². The topological polar surface area (TPSA) is 54.6 Å². The van der Waals surface area contributed by atoms with E-state index in [4.69, 9.17) is 9.26 Å². The largest absolute Gasteiger partial charge is 0.492 e. The van der Waals surface area contributed by atoms with Crippen molar-refractivity contribution in [3.8, 4) is 5.75 Å². The fraction of sp³-hybridized carbons (Fsp3) is 0.556. The molecule has 6 nitrogen and oxygen atoms in total. The zero-order valence-electron chi connectivity index (χ0n) is 14.5. The highest BCUT2D eigenvalue weighted by atomic mass is 16.5. The van der Waals surface area contributed by atoms with Crippen molar-refractivity contribution in [2.45, 2.75) is 32.4 Å². The number of hydrogen-bond acceptors (Lipinski definition) is 6. The number of para-hydroxylation sites is 1. The van der Waals surface area contributed by atoms with Crippen molar-refractivity contribution < 1.29 is 9.26 Å². The summed E-state index contributed by atoms with van der Waals surface area (Å²) in [5, 5.41) is 4.04. The summed E-state index contributed by atoms with van der Waals surface area (Å²) in [5.74, 6) is 2.43. The van der Waals surface area contributed by atoms with E-state index in [1.165, 1.54) is 6.42 Å². The minimum Gasteiger partial charge on any atom is -0.492 e. The first-order chi connectivity index (χ1) is 11.7. The van der Waals surface area contributed by atoms with Gasteiger partial charge in [0.25, 0.3) is 0 Å². The Kier molecular flexibility index (Phi) is 5.82. The number of benzene rings is 1. The molecule has 2 aromatic rings. The number of aryl methyl sites for hydroxylation is 1. The van der Waals surface area contributed by atoms with E-state index < -0.39 is 0 Å². The Morgan fingerprint density at radius 1 is 1.33 bits per heavy atom. The van der Waals surface area contributed by atoms with Gasteiger partial charge in [-0.3, -0.25) is 9.80 Å². The van der Waals surface area contributed by atoms with Crippen molar-refractivity contribution in [3.63, 3.8) is 0 Å². The number of likely N-dealkylation sites (tertiary alicyclic amines) is 1. The van der Waals surface area contributed by atoms with Crippen molar-refractivity contribution in [2.75, 3.05) is 33.3 Å². The van der Waals surface area contributed by atoms with Gasteiger partial charge in [-0.05, 0) is 32.1 Å². The van der Waals surface area contributed by atoms with Crippen LogP contribution in [0, 0.1) is 0 Å². The van der Waals surface area contributed by atoms with Gasteiger partial charge in [0.2, 0.25) is 5.89 Å². The third-order valence-electron chi connectivity index (χ3n) is 4.49. The van der Waals surface area contributed by atoms with Crippen molar-refractivity contribution in [3.05, 3.63) is 42.0 Å². The van der Waals surface area contributed by atoms with E-state index in [-0.39, 0.29) is 0 Å². The summed E-state index contributed by atoms with van der Waals surface area (Å²) in [6.07, 6.45) is 1.95. The van der Waals surface area contributed by atoms with E-state index >= 15 is 0 Å². The van der Waals surface area contributed by atoms with Crippen LogP contribution in [0.2, 0.25) is 0 Å². The molecule has 1 saturated heterocycles. The highest BCUT2D eigenvalue weighted by molar-refractivity contribution is 5.20. The fourth-order valence-corrected chi connectivity index (χ4v) is 3.03. The summed E-state index contributed by atoms with van der Waals surface area (Å²) in [7, 11) is 2.14. The number of nitrogens with zero attached hydrogens (tertiary/aromatic N) is 4. The third kappa shape index (κ3) is 4.55. The zero-order valence-corrected chi connectivity index (χ0v) is 14.5. The summed E-state index contributed by atoms with van der Waals surface area (Å²) >= 11 is 0. The minimum atomic E-state index is 0.533. The van der Waals surface area contributed by atoms with E-state index in [1.54, 1.807) is 0 Å². The van der Waals surface area contributed by atoms with E-state index in [0.29, 0.717) is 11.9 Å². The monoisotopic (exact) mass is 330 g/mol. The molecule has 0 aliphatic carbocycles. The van der Waals surface area contributed by atoms with Gasteiger partial charge < -0.3 is 9.26 Å². The van der Waals surface area contributed by atoms with Gasteiger partial charge >= 0.3 is 0 Å². The molecule has 0 saturated carbocycles. The third-order valence-corrected chi connectivity index (χ3v) is 4.49. The average molecular weight is 330 g/mol. The molecular formula is C18H26N4O2. The van der Waals surface area contributed by atoms with Gasteiger partial charge in [0, 0.05) is 25.6 Å². The molecule has 1 aromatic heterocycles. The van der Waals surface area contributed by atoms with Crippen molar-refractivity contribution >= 4 is 0 Å². The zero-order chi connectivity index (χ0) is 16.8. The van der Waals surface area contributed by atoms with Gasteiger partial charge in [0.05, 0.1) is 6.54 Å². The van der Waals surface area contributed by atoms with E-state index in [1.807, 2.05) is 37.3 Å². The summed E-state index contributed by atoms with van der Waals surface area (Å²) in [6.45, 7) is 6.62. The highest BCUT2D eigenvalue weighted by Crippen LogP contribution is 2.16.